The van der Waals surface area contributed by atoms with Crippen LogP contribution in [0.25, 0.3) is 6.08 Å². The summed E-state index contributed by atoms with van der Waals surface area (Å²) in [5.41, 5.74) is 2.50. The normalized spacial score (nSPS) is 10.6. The van der Waals surface area contributed by atoms with Gasteiger partial charge in [0.2, 0.25) is 11.8 Å². The number of nitrogens with one attached hydrogen (secondary N) is 4. The van der Waals surface area contributed by atoms with Crippen molar-refractivity contribution in [3.63, 3.8) is 0 Å². The summed E-state index contributed by atoms with van der Waals surface area (Å²) in [5.74, 6) is -0.471. The van der Waals surface area contributed by atoms with E-state index in [1.807, 2.05) is 13.8 Å². The van der Waals surface area contributed by atoms with Gasteiger partial charge in [0.15, 0.2) is 0 Å². The molecule has 0 unspecified atom stereocenters. The highest BCUT2D eigenvalue weighted by molar-refractivity contribution is 6.05. The van der Waals surface area contributed by atoms with Gasteiger partial charge in [-0.2, -0.15) is 0 Å². The third-order valence-corrected chi connectivity index (χ3v) is 3.51. The maximum atomic E-state index is 12.2. The molecule has 0 atom stereocenters. The molecule has 0 saturated heterocycles. The fourth-order valence-corrected chi connectivity index (χ4v) is 2.35. The molecule has 0 bridgehead atoms. The number of hydrogen-bond acceptors (Lipinski definition) is 3. The van der Waals surface area contributed by atoms with E-state index in [9.17, 15) is 14.4 Å². The molecule has 0 aromatic heterocycles. The van der Waals surface area contributed by atoms with Crippen molar-refractivity contribution in [1.82, 2.24) is 5.32 Å². The number of benzene rings is 2. The zero-order valence-corrected chi connectivity index (χ0v) is 16.1. The first-order valence-corrected chi connectivity index (χ1v) is 8.87. The van der Waals surface area contributed by atoms with Gasteiger partial charge in [-0.05, 0) is 49.8 Å². The second-order valence-corrected chi connectivity index (χ2v) is 6.42. The van der Waals surface area contributed by atoms with Crippen LogP contribution in [0.15, 0.2) is 54.6 Å². The molecule has 146 valence electrons. The zero-order valence-electron chi connectivity index (χ0n) is 16.1. The van der Waals surface area contributed by atoms with Gasteiger partial charge in [-0.25, -0.2) is 4.79 Å². The van der Waals surface area contributed by atoms with E-state index in [1.54, 1.807) is 54.6 Å². The topological polar surface area (TPSA) is 99.3 Å². The Morgan fingerprint density at radius 3 is 2.04 bits per heavy atom. The molecule has 0 saturated carbocycles. The molecule has 4 N–H and O–H groups in total. The first kappa shape index (κ1) is 20.7. The van der Waals surface area contributed by atoms with Crippen molar-refractivity contribution in [1.29, 1.82) is 0 Å². The lowest BCUT2D eigenvalue weighted by molar-refractivity contribution is -0.114. The highest BCUT2D eigenvalue weighted by atomic mass is 16.2. The van der Waals surface area contributed by atoms with Gasteiger partial charge in [0, 0.05) is 24.7 Å². The van der Waals surface area contributed by atoms with Crippen LogP contribution in [0.3, 0.4) is 0 Å². The summed E-state index contributed by atoms with van der Waals surface area (Å²) < 4.78 is 0. The first-order valence-electron chi connectivity index (χ1n) is 8.87. The minimum atomic E-state index is -0.341. The average Bonchev–Trinajstić information content (AvgIpc) is 2.61. The van der Waals surface area contributed by atoms with Crippen LogP contribution in [0, 0.1) is 0 Å². The minimum Gasteiger partial charge on any atom is -0.336 e. The molecular formula is C21H24N4O3. The Bertz CT molecular complexity index is 873. The van der Waals surface area contributed by atoms with Gasteiger partial charge >= 0.3 is 6.03 Å². The minimum absolute atomic E-state index is 0.00159. The Kier molecular flexibility index (Phi) is 7.33. The quantitative estimate of drug-likeness (QED) is 0.573. The predicted molar refractivity (Wildman–Crippen MR) is 112 cm³/mol. The van der Waals surface area contributed by atoms with Crippen LogP contribution < -0.4 is 21.3 Å². The number of rotatable bonds is 6. The number of amides is 4. The van der Waals surface area contributed by atoms with E-state index >= 15 is 0 Å². The Morgan fingerprint density at radius 2 is 1.46 bits per heavy atom. The number of anilines is 3. The number of carbonyl (C=O) groups is 3. The maximum absolute atomic E-state index is 12.2. The van der Waals surface area contributed by atoms with Crippen LogP contribution in [0.4, 0.5) is 21.9 Å². The van der Waals surface area contributed by atoms with E-state index in [1.165, 1.54) is 13.0 Å². The third kappa shape index (κ3) is 6.95. The van der Waals surface area contributed by atoms with Gasteiger partial charge < -0.3 is 21.3 Å². The second kappa shape index (κ2) is 9.91. The lowest BCUT2D eigenvalue weighted by Crippen LogP contribution is -2.34. The average molecular weight is 380 g/mol. The summed E-state index contributed by atoms with van der Waals surface area (Å²) in [4.78, 5) is 35.1. The van der Waals surface area contributed by atoms with E-state index in [-0.39, 0.29) is 23.9 Å². The Hall–Kier alpha value is -3.61. The molecule has 0 spiro atoms. The lowest BCUT2D eigenvalue weighted by atomic mass is 10.2. The van der Waals surface area contributed by atoms with Gasteiger partial charge in [0.05, 0.1) is 11.4 Å². The standard InChI is InChI=1S/C21H24N4O3/c1-14(2)22-21(28)25-19-7-5-4-6-18(19)24-20(27)13-10-16-8-11-17(12-9-16)23-15(3)26/h4-14H,1-3H3,(H,23,26)(H,24,27)(H2,22,25,28)/b13-10+. The van der Waals surface area contributed by atoms with E-state index in [0.717, 1.165) is 5.56 Å². The summed E-state index contributed by atoms with van der Waals surface area (Å²) in [6.45, 7) is 5.17. The molecule has 7 nitrogen and oxygen atoms in total. The zero-order chi connectivity index (χ0) is 20.5. The van der Waals surface area contributed by atoms with Crippen LogP contribution >= 0.6 is 0 Å². The van der Waals surface area contributed by atoms with Crippen LogP contribution in [0.5, 0.6) is 0 Å². The summed E-state index contributed by atoms with van der Waals surface area (Å²) in [5, 5.41) is 10.9. The monoisotopic (exact) mass is 380 g/mol. The Balaban J connectivity index is 2.00. The fraction of sp³-hybridized carbons (Fsp3) is 0.190. The van der Waals surface area contributed by atoms with Crippen molar-refractivity contribution in [3.05, 3.63) is 60.2 Å². The molecule has 2 rings (SSSR count). The van der Waals surface area contributed by atoms with Crippen LogP contribution in [0.2, 0.25) is 0 Å². The van der Waals surface area contributed by atoms with E-state index in [0.29, 0.717) is 17.1 Å². The number of para-hydroxylation sites is 2. The smallest absolute Gasteiger partial charge is 0.319 e. The Morgan fingerprint density at radius 1 is 0.857 bits per heavy atom. The molecule has 0 aliphatic heterocycles. The van der Waals surface area contributed by atoms with Crippen LogP contribution in [-0.2, 0) is 9.59 Å². The van der Waals surface area contributed by atoms with Gasteiger partial charge in [-0.15, -0.1) is 0 Å². The molecule has 0 heterocycles. The molecule has 4 amide bonds. The van der Waals surface area contributed by atoms with Crippen molar-refractivity contribution in [2.45, 2.75) is 26.8 Å². The summed E-state index contributed by atoms with van der Waals surface area (Å²) in [6.07, 6.45) is 3.06. The molecule has 2 aromatic carbocycles. The first-order chi connectivity index (χ1) is 13.3. The number of urea groups is 1. The number of hydrogen-bond donors (Lipinski definition) is 4. The van der Waals surface area contributed by atoms with Gasteiger partial charge in [0.25, 0.3) is 0 Å². The van der Waals surface area contributed by atoms with Gasteiger partial charge in [-0.3, -0.25) is 9.59 Å². The van der Waals surface area contributed by atoms with Crippen molar-refractivity contribution in [2.75, 3.05) is 16.0 Å². The summed E-state index contributed by atoms with van der Waals surface area (Å²) in [7, 11) is 0. The van der Waals surface area contributed by atoms with Gasteiger partial charge in [-0.1, -0.05) is 24.3 Å². The van der Waals surface area contributed by atoms with Crippen molar-refractivity contribution < 1.29 is 14.4 Å². The second-order valence-electron chi connectivity index (χ2n) is 6.42. The molecular weight excluding hydrogens is 356 g/mol. The molecule has 0 aliphatic rings. The number of carbonyl (C=O) groups excluding carboxylic acids is 3. The SMILES string of the molecule is CC(=O)Nc1ccc(/C=C/C(=O)Nc2ccccc2NC(=O)NC(C)C)cc1. The highest BCUT2D eigenvalue weighted by Crippen LogP contribution is 2.21. The van der Waals surface area contributed by atoms with Gasteiger partial charge in [0.1, 0.15) is 0 Å². The summed E-state index contributed by atoms with van der Waals surface area (Å²) in [6, 6.07) is 13.7. The molecule has 7 heteroatoms. The largest absolute Gasteiger partial charge is 0.336 e. The predicted octanol–water partition coefficient (Wildman–Crippen LogP) is 3.83. The van der Waals surface area contributed by atoms with Crippen molar-refractivity contribution in [2.24, 2.45) is 0 Å². The molecule has 28 heavy (non-hydrogen) atoms. The van der Waals surface area contributed by atoms with E-state index in [4.69, 9.17) is 0 Å². The lowest BCUT2D eigenvalue weighted by Gasteiger charge is -2.13. The van der Waals surface area contributed by atoms with Crippen molar-refractivity contribution >= 4 is 41.0 Å². The molecule has 0 aliphatic carbocycles. The van der Waals surface area contributed by atoms with E-state index in [2.05, 4.69) is 21.3 Å². The third-order valence-electron chi connectivity index (χ3n) is 3.51. The van der Waals surface area contributed by atoms with E-state index < -0.39 is 0 Å². The van der Waals surface area contributed by atoms with Crippen LogP contribution in [0.1, 0.15) is 26.3 Å². The molecule has 0 radical (unpaired) electrons. The highest BCUT2D eigenvalue weighted by Gasteiger charge is 2.08. The maximum Gasteiger partial charge on any atom is 0.319 e. The fourth-order valence-electron chi connectivity index (χ4n) is 2.35. The summed E-state index contributed by atoms with van der Waals surface area (Å²) >= 11 is 0. The molecule has 0 fully saturated rings. The molecule has 2 aromatic rings. The van der Waals surface area contributed by atoms with Crippen molar-refractivity contribution in [3.8, 4) is 0 Å². The van der Waals surface area contributed by atoms with Crippen LogP contribution in [-0.4, -0.2) is 23.9 Å². The Labute approximate surface area is 164 Å².